The van der Waals surface area contributed by atoms with Crippen LogP contribution in [0.3, 0.4) is 0 Å². The maximum Gasteiger partial charge on any atom is 0.236 e. The monoisotopic (exact) mass is 353 g/mol. The lowest BCUT2D eigenvalue weighted by Crippen LogP contribution is -2.43. The number of carbonyl (C=O) groups is 1. The Labute approximate surface area is 156 Å². The molecule has 1 aromatic heterocycles. The van der Waals surface area contributed by atoms with Crippen molar-refractivity contribution in [1.29, 1.82) is 0 Å². The van der Waals surface area contributed by atoms with Gasteiger partial charge in [0.25, 0.3) is 0 Å². The summed E-state index contributed by atoms with van der Waals surface area (Å²) in [6.45, 7) is 6.80. The van der Waals surface area contributed by atoms with Crippen molar-refractivity contribution in [2.24, 2.45) is 0 Å². The topological polar surface area (TPSA) is 39.3 Å². The zero-order chi connectivity index (χ0) is 17.9. The van der Waals surface area contributed by atoms with E-state index < -0.39 is 0 Å². The fourth-order valence-corrected chi connectivity index (χ4v) is 4.82. The molecule has 1 N–H and O–H groups in total. The summed E-state index contributed by atoms with van der Waals surface area (Å²) in [5.74, 6) is 0.948. The van der Waals surface area contributed by atoms with Crippen LogP contribution in [0.25, 0.3) is 10.9 Å². The lowest BCUT2D eigenvalue weighted by atomic mass is 9.87. The van der Waals surface area contributed by atoms with Crippen LogP contribution < -0.4 is 0 Å². The second kappa shape index (κ2) is 7.83. The molecule has 2 aromatic rings. The van der Waals surface area contributed by atoms with Gasteiger partial charge in [0.05, 0.1) is 6.54 Å². The van der Waals surface area contributed by atoms with Crippen LogP contribution in [-0.4, -0.2) is 53.4 Å². The van der Waals surface area contributed by atoms with Gasteiger partial charge in [-0.05, 0) is 63.2 Å². The van der Waals surface area contributed by atoms with Crippen LogP contribution in [0.5, 0.6) is 0 Å². The number of rotatable bonds is 3. The molecular weight excluding hydrogens is 322 g/mol. The molecule has 2 fully saturated rings. The molecule has 0 spiro atoms. The second-order valence-corrected chi connectivity index (χ2v) is 8.05. The van der Waals surface area contributed by atoms with Gasteiger partial charge in [0.1, 0.15) is 0 Å². The number of aromatic amines is 1. The number of fused-ring (bicyclic) bond motifs is 1. The molecule has 4 nitrogen and oxygen atoms in total. The molecule has 140 valence electrons. The van der Waals surface area contributed by atoms with Crippen LogP contribution in [0.2, 0.25) is 0 Å². The van der Waals surface area contributed by atoms with Crippen molar-refractivity contribution >= 4 is 16.8 Å². The Kier molecular flexibility index (Phi) is 5.30. The number of carbonyl (C=O) groups excluding carboxylic acids is 1. The van der Waals surface area contributed by atoms with Gasteiger partial charge in [-0.15, -0.1) is 0 Å². The number of aryl methyl sites for hydroxylation is 1. The number of likely N-dealkylation sites (tertiary alicyclic amines) is 2. The molecule has 0 saturated carbocycles. The Bertz CT molecular complexity index is 750. The minimum absolute atomic E-state index is 0.341. The third-order valence-electron chi connectivity index (χ3n) is 6.26. The molecule has 2 aliphatic rings. The van der Waals surface area contributed by atoms with E-state index in [1.165, 1.54) is 47.8 Å². The van der Waals surface area contributed by atoms with Gasteiger partial charge in [-0.2, -0.15) is 0 Å². The summed E-state index contributed by atoms with van der Waals surface area (Å²) >= 11 is 0. The van der Waals surface area contributed by atoms with Crippen LogP contribution in [-0.2, 0) is 4.79 Å². The highest BCUT2D eigenvalue weighted by molar-refractivity contribution is 5.85. The van der Waals surface area contributed by atoms with Crippen LogP contribution in [0, 0.1) is 6.92 Å². The minimum Gasteiger partial charge on any atom is -0.358 e. The molecule has 4 rings (SSSR count). The zero-order valence-corrected chi connectivity index (χ0v) is 16.0. The van der Waals surface area contributed by atoms with Crippen molar-refractivity contribution in [3.8, 4) is 0 Å². The maximum absolute atomic E-state index is 12.6. The maximum atomic E-state index is 12.6. The van der Waals surface area contributed by atoms with E-state index in [2.05, 4.69) is 46.0 Å². The van der Waals surface area contributed by atoms with Gasteiger partial charge in [0.15, 0.2) is 0 Å². The first-order valence-corrected chi connectivity index (χ1v) is 10.3. The number of piperidine rings is 1. The number of amides is 1. The lowest BCUT2D eigenvalue weighted by Gasteiger charge is -2.33. The summed E-state index contributed by atoms with van der Waals surface area (Å²) in [7, 11) is 0. The first-order chi connectivity index (χ1) is 12.7. The van der Waals surface area contributed by atoms with Gasteiger partial charge in [0, 0.05) is 29.7 Å². The summed E-state index contributed by atoms with van der Waals surface area (Å²) in [6, 6.07) is 8.64. The van der Waals surface area contributed by atoms with Crippen LogP contribution in [0.4, 0.5) is 0 Å². The predicted octanol–water partition coefficient (Wildman–Crippen LogP) is 4.06. The molecular formula is C22H31N3O. The van der Waals surface area contributed by atoms with E-state index in [1.807, 2.05) is 0 Å². The summed E-state index contributed by atoms with van der Waals surface area (Å²) in [4.78, 5) is 20.6. The number of para-hydroxylation sites is 1. The lowest BCUT2D eigenvalue weighted by molar-refractivity contribution is -0.132. The van der Waals surface area contributed by atoms with Crippen molar-refractivity contribution in [2.45, 2.75) is 51.4 Å². The van der Waals surface area contributed by atoms with E-state index in [4.69, 9.17) is 0 Å². The molecule has 0 bridgehead atoms. The highest BCUT2D eigenvalue weighted by Gasteiger charge is 2.26. The smallest absolute Gasteiger partial charge is 0.236 e. The van der Waals surface area contributed by atoms with Crippen LogP contribution >= 0.6 is 0 Å². The van der Waals surface area contributed by atoms with E-state index >= 15 is 0 Å². The molecule has 26 heavy (non-hydrogen) atoms. The fraction of sp³-hybridized carbons (Fsp3) is 0.591. The molecule has 0 atom stereocenters. The largest absolute Gasteiger partial charge is 0.358 e. The molecule has 0 aliphatic carbocycles. The van der Waals surface area contributed by atoms with Crippen molar-refractivity contribution < 1.29 is 4.79 Å². The fourth-order valence-electron chi connectivity index (χ4n) is 4.82. The molecule has 3 heterocycles. The predicted molar refractivity (Wildman–Crippen MR) is 106 cm³/mol. The van der Waals surface area contributed by atoms with Crippen LogP contribution in [0.1, 0.15) is 55.7 Å². The Hall–Kier alpha value is -1.81. The van der Waals surface area contributed by atoms with E-state index in [0.717, 1.165) is 39.0 Å². The minimum atomic E-state index is 0.341. The Morgan fingerprint density at radius 1 is 1.04 bits per heavy atom. The molecule has 0 unspecified atom stereocenters. The molecule has 0 radical (unpaired) electrons. The van der Waals surface area contributed by atoms with E-state index in [1.54, 1.807) is 0 Å². The number of benzene rings is 1. The average Bonchev–Trinajstić information content (AvgIpc) is 2.83. The summed E-state index contributed by atoms with van der Waals surface area (Å²) in [6.07, 6.45) is 7.20. The standard InChI is InChI=1S/C22H31N3O/c1-17-22(19-8-4-5-9-20(19)23-17)18-10-14-24(15-11-18)16-21(26)25-12-6-2-3-7-13-25/h4-5,8-9,18,23H,2-3,6-7,10-16H2,1H3. The number of hydrogen-bond donors (Lipinski definition) is 1. The summed E-state index contributed by atoms with van der Waals surface area (Å²) in [5, 5.41) is 1.38. The average molecular weight is 354 g/mol. The number of H-pyrrole nitrogens is 1. The highest BCUT2D eigenvalue weighted by Crippen LogP contribution is 2.35. The number of nitrogens with zero attached hydrogens (tertiary/aromatic N) is 2. The van der Waals surface area contributed by atoms with Gasteiger partial charge in [-0.1, -0.05) is 31.0 Å². The Morgan fingerprint density at radius 2 is 1.73 bits per heavy atom. The first kappa shape index (κ1) is 17.6. The molecule has 2 aliphatic heterocycles. The van der Waals surface area contributed by atoms with Crippen molar-refractivity contribution in [3.63, 3.8) is 0 Å². The van der Waals surface area contributed by atoms with Crippen LogP contribution in [0.15, 0.2) is 24.3 Å². The van der Waals surface area contributed by atoms with E-state index in [-0.39, 0.29) is 0 Å². The SMILES string of the molecule is Cc1[nH]c2ccccc2c1C1CCN(CC(=O)N2CCCCCC2)CC1. The summed E-state index contributed by atoms with van der Waals surface area (Å²) in [5.41, 5.74) is 4.06. The number of nitrogens with one attached hydrogen (secondary N) is 1. The third kappa shape index (κ3) is 3.66. The molecule has 4 heteroatoms. The third-order valence-corrected chi connectivity index (χ3v) is 6.26. The quantitative estimate of drug-likeness (QED) is 0.904. The van der Waals surface area contributed by atoms with E-state index in [0.29, 0.717) is 18.4 Å². The highest BCUT2D eigenvalue weighted by atomic mass is 16.2. The number of hydrogen-bond acceptors (Lipinski definition) is 2. The van der Waals surface area contributed by atoms with Crippen molar-refractivity contribution in [3.05, 3.63) is 35.5 Å². The molecule has 1 aromatic carbocycles. The van der Waals surface area contributed by atoms with Gasteiger partial charge >= 0.3 is 0 Å². The molecule has 1 amide bonds. The van der Waals surface area contributed by atoms with Gasteiger partial charge in [-0.3, -0.25) is 9.69 Å². The normalized spacial score (nSPS) is 20.4. The van der Waals surface area contributed by atoms with Crippen molar-refractivity contribution in [1.82, 2.24) is 14.8 Å². The second-order valence-electron chi connectivity index (χ2n) is 8.05. The van der Waals surface area contributed by atoms with Gasteiger partial charge in [0.2, 0.25) is 5.91 Å². The zero-order valence-electron chi connectivity index (χ0n) is 16.0. The Morgan fingerprint density at radius 3 is 2.46 bits per heavy atom. The molecule has 2 saturated heterocycles. The van der Waals surface area contributed by atoms with Gasteiger partial charge in [-0.25, -0.2) is 0 Å². The first-order valence-electron chi connectivity index (χ1n) is 10.3. The summed E-state index contributed by atoms with van der Waals surface area (Å²) < 4.78 is 0. The van der Waals surface area contributed by atoms with Crippen molar-refractivity contribution in [2.75, 3.05) is 32.7 Å². The Balaban J connectivity index is 1.36. The number of aromatic nitrogens is 1. The van der Waals surface area contributed by atoms with Gasteiger partial charge < -0.3 is 9.88 Å². The van der Waals surface area contributed by atoms with E-state index in [9.17, 15) is 4.79 Å².